The third kappa shape index (κ3) is 3.57. The Bertz CT molecular complexity index is 1410. The molecule has 3 heteroatoms. The van der Waals surface area contributed by atoms with Crippen LogP contribution >= 0.6 is 0 Å². The molecule has 2 nitrogen and oxygen atoms in total. The second kappa shape index (κ2) is 8.37. The van der Waals surface area contributed by atoms with Crippen molar-refractivity contribution in [3.05, 3.63) is 114 Å². The maximum atomic E-state index is 13.8. The standard InChI is InChI=1S/C29H22FNO/c1-19-27(18-32)26-17-23(30)15-16-28(26)31-29(19)22-13-11-21(12-14-22)25-10-6-5-9-24(25)20-7-3-2-4-8-20/h2-17,32H,18H2,1H3. The Kier molecular flexibility index (Phi) is 5.26. The molecule has 156 valence electrons. The minimum absolute atomic E-state index is 0.163. The Labute approximate surface area is 186 Å². The lowest BCUT2D eigenvalue weighted by Crippen LogP contribution is -1.99. The molecule has 5 rings (SSSR count). The molecular weight excluding hydrogens is 397 g/mol. The zero-order valence-corrected chi connectivity index (χ0v) is 17.7. The van der Waals surface area contributed by atoms with Crippen LogP contribution < -0.4 is 0 Å². The van der Waals surface area contributed by atoms with Crippen molar-refractivity contribution in [2.24, 2.45) is 0 Å². The normalized spacial score (nSPS) is 11.1. The number of fused-ring (bicyclic) bond motifs is 1. The van der Waals surface area contributed by atoms with Crippen molar-refractivity contribution < 1.29 is 9.50 Å². The lowest BCUT2D eigenvalue weighted by Gasteiger charge is -2.14. The van der Waals surface area contributed by atoms with E-state index >= 15 is 0 Å². The van der Waals surface area contributed by atoms with E-state index < -0.39 is 0 Å². The molecule has 5 aromatic rings. The van der Waals surface area contributed by atoms with Gasteiger partial charge in [-0.3, -0.25) is 0 Å². The van der Waals surface area contributed by atoms with Crippen LogP contribution in [-0.4, -0.2) is 10.1 Å². The monoisotopic (exact) mass is 419 g/mol. The minimum Gasteiger partial charge on any atom is -0.392 e. The quantitative estimate of drug-likeness (QED) is 0.335. The first-order valence-electron chi connectivity index (χ1n) is 10.6. The van der Waals surface area contributed by atoms with Gasteiger partial charge in [0.2, 0.25) is 0 Å². The van der Waals surface area contributed by atoms with Gasteiger partial charge in [0.1, 0.15) is 5.82 Å². The van der Waals surface area contributed by atoms with Gasteiger partial charge in [-0.1, -0.05) is 78.9 Å². The zero-order valence-electron chi connectivity index (χ0n) is 17.7. The fourth-order valence-electron chi connectivity index (χ4n) is 4.29. The number of pyridine rings is 1. The van der Waals surface area contributed by atoms with Crippen LogP contribution in [0, 0.1) is 12.7 Å². The second-order valence-corrected chi connectivity index (χ2v) is 7.87. The van der Waals surface area contributed by atoms with Crippen molar-refractivity contribution in [1.82, 2.24) is 4.98 Å². The molecular formula is C29H22FNO. The zero-order chi connectivity index (χ0) is 22.1. The predicted molar refractivity (Wildman–Crippen MR) is 129 cm³/mol. The van der Waals surface area contributed by atoms with Crippen molar-refractivity contribution in [1.29, 1.82) is 0 Å². The van der Waals surface area contributed by atoms with Crippen molar-refractivity contribution in [2.75, 3.05) is 0 Å². The number of rotatable bonds is 4. The summed E-state index contributed by atoms with van der Waals surface area (Å²) in [4.78, 5) is 4.78. The Morgan fingerprint density at radius 3 is 1.97 bits per heavy atom. The number of nitrogens with zero attached hydrogens (tertiary/aromatic N) is 1. The molecule has 32 heavy (non-hydrogen) atoms. The molecule has 4 aromatic carbocycles. The summed E-state index contributed by atoms with van der Waals surface area (Å²) in [7, 11) is 0. The highest BCUT2D eigenvalue weighted by Crippen LogP contribution is 2.34. The summed E-state index contributed by atoms with van der Waals surface area (Å²) in [5, 5.41) is 10.6. The third-order valence-corrected chi connectivity index (χ3v) is 5.96. The summed E-state index contributed by atoms with van der Waals surface area (Å²) < 4.78 is 13.8. The SMILES string of the molecule is Cc1c(-c2ccc(-c3ccccc3-c3ccccc3)cc2)nc2ccc(F)cc2c1CO. The van der Waals surface area contributed by atoms with Crippen LogP contribution in [0.1, 0.15) is 11.1 Å². The molecule has 1 N–H and O–H groups in total. The van der Waals surface area contributed by atoms with Gasteiger partial charge in [-0.05, 0) is 58.5 Å². The molecule has 0 aliphatic carbocycles. The summed E-state index contributed by atoms with van der Waals surface area (Å²) in [5.41, 5.74) is 8.67. The first-order valence-corrected chi connectivity index (χ1v) is 10.6. The first-order chi connectivity index (χ1) is 15.7. The van der Waals surface area contributed by atoms with Crippen LogP contribution in [0.25, 0.3) is 44.4 Å². The van der Waals surface area contributed by atoms with E-state index in [0.29, 0.717) is 16.5 Å². The number of aliphatic hydroxyl groups is 1. The Morgan fingerprint density at radius 1 is 0.719 bits per heavy atom. The van der Waals surface area contributed by atoms with Gasteiger partial charge in [-0.15, -0.1) is 0 Å². The summed E-state index contributed by atoms with van der Waals surface area (Å²) in [6.45, 7) is 1.76. The second-order valence-electron chi connectivity index (χ2n) is 7.87. The maximum Gasteiger partial charge on any atom is 0.123 e. The number of aromatic nitrogens is 1. The van der Waals surface area contributed by atoms with Gasteiger partial charge in [0, 0.05) is 10.9 Å². The minimum atomic E-state index is -0.331. The number of hydrogen-bond acceptors (Lipinski definition) is 2. The van der Waals surface area contributed by atoms with Crippen molar-refractivity contribution >= 4 is 10.9 Å². The summed E-state index contributed by atoms with van der Waals surface area (Å²) >= 11 is 0. The molecule has 0 unspecified atom stereocenters. The van der Waals surface area contributed by atoms with Gasteiger partial charge < -0.3 is 5.11 Å². The summed E-state index contributed by atoms with van der Waals surface area (Å²) in [6.07, 6.45) is 0. The molecule has 0 saturated heterocycles. The van der Waals surface area contributed by atoms with E-state index in [4.69, 9.17) is 4.98 Å². The van der Waals surface area contributed by atoms with Crippen LogP contribution in [0.5, 0.6) is 0 Å². The van der Waals surface area contributed by atoms with Crippen LogP contribution in [0.2, 0.25) is 0 Å². The molecule has 0 amide bonds. The molecule has 1 heterocycles. The van der Waals surface area contributed by atoms with E-state index in [1.165, 1.54) is 28.8 Å². The van der Waals surface area contributed by atoms with Crippen LogP contribution in [0.3, 0.4) is 0 Å². The fraction of sp³-hybridized carbons (Fsp3) is 0.0690. The van der Waals surface area contributed by atoms with Crippen molar-refractivity contribution in [2.45, 2.75) is 13.5 Å². The Balaban J connectivity index is 1.60. The highest BCUT2D eigenvalue weighted by atomic mass is 19.1. The Hall–Kier alpha value is -3.82. The van der Waals surface area contributed by atoms with Crippen LogP contribution in [-0.2, 0) is 6.61 Å². The van der Waals surface area contributed by atoms with Gasteiger partial charge in [0.25, 0.3) is 0 Å². The van der Waals surface area contributed by atoms with Crippen LogP contribution in [0.15, 0.2) is 97.1 Å². The van der Waals surface area contributed by atoms with Gasteiger partial charge in [-0.25, -0.2) is 9.37 Å². The first kappa shape index (κ1) is 20.1. The highest BCUT2D eigenvalue weighted by Gasteiger charge is 2.14. The summed E-state index contributed by atoms with van der Waals surface area (Å²) in [6, 6.07) is 31.6. The van der Waals surface area contributed by atoms with E-state index in [-0.39, 0.29) is 12.4 Å². The average molecular weight is 419 g/mol. The Morgan fingerprint density at radius 2 is 1.31 bits per heavy atom. The fourth-order valence-corrected chi connectivity index (χ4v) is 4.29. The molecule has 0 bridgehead atoms. The molecule has 0 aliphatic rings. The maximum absolute atomic E-state index is 13.8. The van der Waals surface area contributed by atoms with E-state index in [0.717, 1.165) is 22.4 Å². The van der Waals surface area contributed by atoms with Gasteiger partial charge >= 0.3 is 0 Å². The molecule has 0 saturated carbocycles. The third-order valence-electron chi connectivity index (χ3n) is 5.96. The topological polar surface area (TPSA) is 33.1 Å². The predicted octanol–water partition coefficient (Wildman–Crippen LogP) is 7.18. The average Bonchev–Trinajstić information content (AvgIpc) is 2.84. The van der Waals surface area contributed by atoms with E-state index in [1.807, 2.05) is 25.1 Å². The van der Waals surface area contributed by atoms with Gasteiger partial charge in [-0.2, -0.15) is 0 Å². The van der Waals surface area contributed by atoms with Crippen molar-refractivity contribution in [3.63, 3.8) is 0 Å². The molecule has 0 atom stereocenters. The van der Waals surface area contributed by atoms with Crippen LogP contribution in [0.4, 0.5) is 4.39 Å². The lowest BCUT2D eigenvalue weighted by molar-refractivity contribution is 0.282. The molecule has 0 aliphatic heterocycles. The van der Waals surface area contributed by atoms with E-state index in [2.05, 4.69) is 60.7 Å². The molecule has 0 fully saturated rings. The smallest absolute Gasteiger partial charge is 0.123 e. The molecule has 0 spiro atoms. The molecule has 0 radical (unpaired) electrons. The van der Waals surface area contributed by atoms with Gasteiger partial charge in [0.05, 0.1) is 17.8 Å². The van der Waals surface area contributed by atoms with E-state index in [1.54, 1.807) is 6.07 Å². The number of benzene rings is 4. The van der Waals surface area contributed by atoms with E-state index in [9.17, 15) is 9.50 Å². The molecule has 1 aromatic heterocycles. The number of hydrogen-bond donors (Lipinski definition) is 1. The number of halogens is 1. The highest BCUT2D eigenvalue weighted by molar-refractivity contribution is 5.88. The van der Waals surface area contributed by atoms with Crippen molar-refractivity contribution in [3.8, 4) is 33.5 Å². The number of aliphatic hydroxyl groups excluding tert-OH is 1. The summed E-state index contributed by atoms with van der Waals surface area (Å²) in [5.74, 6) is -0.331. The lowest BCUT2D eigenvalue weighted by atomic mass is 9.93. The largest absolute Gasteiger partial charge is 0.392 e. The van der Waals surface area contributed by atoms with Gasteiger partial charge in [0.15, 0.2) is 0 Å².